The highest BCUT2D eigenvalue weighted by atomic mass is 79.9. The average Bonchev–Trinajstić information content (AvgIpc) is 2.02. The topological polar surface area (TPSA) is 26.3 Å². The molecular weight excluding hydrogens is 220 g/mol. The number of ketones is 1. The largest absolute Gasteiger partial charge is 0.358 e. The van der Waals surface area contributed by atoms with Crippen LogP contribution in [0.15, 0.2) is 28.7 Å². The van der Waals surface area contributed by atoms with Gasteiger partial charge in [-0.2, -0.15) is 0 Å². The zero-order valence-corrected chi connectivity index (χ0v) is 7.87. The van der Waals surface area contributed by atoms with Gasteiger partial charge in [0, 0.05) is 4.47 Å². The Labute approximate surface area is 78.7 Å². The molecule has 0 amide bonds. The van der Waals surface area contributed by atoms with Gasteiger partial charge in [0.15, 0.2) is 5.78 Å². The lowest BCUT2D eigenvalue weighted by Gasteiger charge is -2.24. The van der Waals surface area contributed by atoms with Gasteiger partial charge in [0.05, 0.1) is 0 Å². The van der Waals surface area contributed by atoms with Crippen LogP contribution in [0.1, 0.15) is 11.7 Å². The molecule has 1 heterocycles. The zero-order chi connectivity index (χ0) is 8.55. The first-order chi connectivity index (χ1) is 5.77. The van der Waals surface area contributed by atoms with Gasteiger partial charge in [-0.3, -0.25) is 4.79 Å². The van der Waals surface area contributed by atoms with Crippen molar-refractivity contribution in [2.45, 2.75) is 6.10 Å². The minimum absolute atomic E-state index is 0.160. The molecule has 1 atom stereocenters. The SMILES string of the molecule is O=C1COC1c1cccc(Br)c1. The van der Waals surface area contributed by atoms with E-state index in [2.05, 4.69) is 15.9 Å². The lowest BCUT2D eigenvalue weighted by molar-refractivity contribution is -0.155. The quantitative estimate of drug-likeness (QED) is 0.734. The lowest BCUT2D eigenvalue weighted by atomic mass is 10.0. The molecule has 3 heteroatoms. The van der Waals surface area contributed by atoms with E-state index in [-0.39, 0.29) is 18.5 Å². The molecule has 1 fully saturated rings. The Kier molecular flexibility index (Phi) is 1.98. The van der Waals surface area contributed by atoms with E-state index in [4.69, 9.17) is 4.74 Å². The van der Waals surface area contributed by atoms with Gasteiger partial charge in [0.25, 0.3) is 0 Å². The highest BCUT2D eigenvalue weighted by Gasteiger charge is 2.30. The Morgan fingerprint density at radius 1 is 1.50 bits per heavy atom. The summed E-state index contributed by atoms with van der Waals surface area (Å²) in [6, 6.07) is 7.62. The molecule has 12 heavy (non-hydrogen) atoms. The van der Waals surface area contributed by atoms with Crippen LogP contribution in [0.5, 0.6) is 0 Å². The van der Waals surface area contributed by atoms with Crippen molar-refractivity contribution in [1.29, 1.82) is 0 Å². The number of rotatable bonds is 1. The van der Waals surface area contributed by atoms with E-state index in [9.17, 15) is 4.79 Å². The Morgan fingerprint density at radius 3 is 2.83 bits per heavy atom. The molecule has 2 nitrogen and oxygen atoms in total. The first kappa shape index (κ1) is 7.95. The molecule has 0 saturated carbocycles. The maximum atomic E-state index is 11.0. The number of carbonyl (C=O) groups excluding carboxylic acids is 1. The summed E-state index contributed by atoms with van der Waals surface area (Å²) in [7, 11) is 0. The standard InChI is InChI=1S/C9H7BrO2/c10-7-3-1-2-6(4-7)9-8(11)5-12-9/h1-4,9H,5H2. The fourth-order valence-electron chi connectivity index (χ4n) is 1.19. The molecule has 0 N–H and O–H groups in total. The summed E-state index contributed by atoms with van der Waals surface area (Å²) in [6.07, 6.45) is -0.317. The third-order valence-corrected chi connectivity index (χ3v) is 2.33. The molecule has 1 aromatic rings. The lowest BCUT2D eigenvalue weighted by Crippen LogP contribution is -2.32. The Bertz CT molecular complexity index is 322. The van der Waals surface area contributed by atoms with Crippen molar-refractivity contribution >= 4 is 21.7 Å². The van der Waals surface area contributed by atoms with Gasteiger partial charge < -0.3 is 4.74 Å². The first-order valence-electron chi connectivity index (χ1n) is 3.67. The zero-order valence-electron chi connectivity index (χ0n) is 6.29. The predicted octanol–water partition coefficient (Wildman–Crippen LogP) is 2.09. The second kappa shape index (κ2) is 2.99. The number of halogens is 1. The second-order valence-electron chi connectivity index (χ2n) is 2.71. The van der Waals surface area contributed by atoms with E-state index in [1.807, 2.05) is 24.3 Å². The van der Waals surface area contributed by atoms with E-state index >= 15 is 0 Å². The van der Waals surface area contributed by atoms with Crippen LogP contribution in [0.3, 0.4) is 0 Å². The van der Waals surface area contributed by atoms with E-state index in [1.165, 1.54) is 0 Å². The highest BCUT2D eigenvalue weighted by molar-refractivity contribution is 9.10. The molecule has 1 aromatic carbocycles. The van der Waals surface area contributed by atoms with Crippen LogP contribution in [-0.2, 0) is 9.53 Å². The van der Waals surface area contributed by atoms with E-state index in [0.29, 0.717) is 0 Å². The molecule has 1 unspecified atom stereocenters. The summed E-state index contributed by atoms with van der Waals surface area (Å²) >= 11 is 3.34. The van der Waals surface area contributed by atoms with E-state index < -0.39 is 0 Å². The molecular formula is C9H7BrO2. The van der Waals surface area contributed by atoms with Crippen LogP contribution >= 0.6 is 15.9 Å². The van der Waals surface area contributed by atoms with Crippen LogP contribution in [0.2, 0.25) is 0 Å². The molecule has 0 radical (unpaired) electrons. The Balaban J connectivity index is 2.28. The predicted molar refractivity (Wildman–Crippen MR) is 47.8 cm³/mol. The van der Waals surface area contributed by atoms with Crippen molar-refractivity contribution in [3.05, 3.63) is 34.3 Å². The van der Waals surface area contributed by atoms with E-state index in [0.717, 1.165) is 10.0 Å². The Morgan fingerprint density at radius 2 is 2.33 bits per heavy atom. The first-order valence-corrected chi connectivity index (χ1v) is 4.46. The van der Waals surface area contributed by atoms with Gasteiger partial charge in [-0.25, -0.2) is 0 Å². The van der Waals surface area contributed by atoms with Crippen LogP contribution < -0.4 is 0 Å². The maximum absolute atomic E-state index is 11.0. The molecule has 0 bridgehead atoms. The summed E-state index contributed by atoms with van der Waals surface area (Å²) in [5.41, 5.74) is 0.931. The highest BCUT2D eigenvalue weighted by Crippen LogP contribution is 2.27. The van der Waals surface area contributed by atoms with Crippen LogP contribution in [0, 0.1) is 0 Å². The fraction of sp³-hybridized carbons (Fsp3) is 0.222. The van der Waals surface area contributed by atoms with Crippen LogP contribution in [-0.4, -0.2) is 12.4 Å². The fourth-order valence-corrected chi connectivity index (χ4v) is 1.60. The normalized spacial score (nSPS) is 22.1. The van der Waals surface area contributed by atoms with Gasteiger partial charge in [-0.15, -0.1) is 0 Å². The molecule has 0 aromatic heterocycles. The van der Waals surface area contributed by atoms with Crippen molar-refractivity contribution < 1.29 is 9.53 Å². The monoisotopic (exact) mass is 226 g/mol. The minimum atomic E-state index is -0.317. The smallest absolute Gasteiger partial charge is 0.191 e. The second-order valence-corrected chi connectivity index (χ2v) is 3.63. The summed E-state index contributed by atoms with van der Waals surface area (Å²) in [5, 5.41) is 0. The van der Waals surface area contributed by atoms with Gasteiger partial charge in [0.2, 0.25) is 0 Å². The van der Waals surface area contributed by atoms with Crippen molar-refractivity contribution in [2.75, 3.05) is 6.61 Å². The minimum Gasteiger partial charge on any atom is -0.358 e. The Hall–Kier alpha value is -0.670. The van der Waals surface area contributed by atoms with Gasteiger partial charge in [-0.05, 0) is 17.7 Å². The summed E-state index contributed by atoms with van der Waals surface area (Å²) in [4.78, 5) is 11.0. The third-order valence-electron chi connectivity index (χ3n) is 1.84. The molecule has 62 valence electrons. The van der Waals surface area contributed by atoms with Crippen molar-refractivity contribution in [2.24, 2.45) is 0 Å². The number of carbonyl (C=O) groups is 1. The van der Waals surface area contributed by atoms with Crippen molar-refractivity contribution in [1.82, 2.24) is 0 Å². The summed E-state index contributed by atoms with van der Waals surface area (Å²) in [5.74, 6) is 0.160. The van der Waals surface area contributed by atoms with Gasteiger partial charge >= 0.3 is 0 Å². The molecule has 0 aliphatic carbocycles. The van der Waals surface area contributed by atoms with Crippen molar-refractivity contribution in [3.63, 3.8) is 0 Å². The molecule has 1 aliphatic rings. The van der Waals surface area contributed by atoms with Gasteiger partial charge in [0.1, 0.15) is 12.7 Å². The molecule has 0 spiro atoms. The van der Waals surface area contributed by atoms with Crippen molar-refractivity contribution in [3.8, 4) is 0 Å². The third kappa shape index (κ3) is 1.30. The number of ether oxygens (including phenoxy) is 1. The van der Waals surface area contributed by atoms with Crippen LogP contribution in [0.25, 0.3) is 0 Å². The van der Waals surface area contributed by atoms with Gasteiger partial charge in [-0.1, -0.05) is 28.1 Å². The average molecular weight is 227 g/mol. The van der Waals surface area contributed by atoms with E-state index in [1.54, 1.807) is 0 Å². The maximum Gasteiger partial charge on any atom is 0.191 e. The molecule has 2 rings (SSSR count). The molecule has 1 saturated heterocycles. The number of benzene rings is 1. The van der Waals surface area contributed by atoms with Crippen LogP contribution in [0.4, 0.5) is 0 Å². The molecule has 1 aliphatic heterocycles. The number of hydrogen-bond acceptors (Lipinski definition) is 2. The number of hydrogen-bond donors (Lipinski definition) is 0. The summed E-state index contributed by atoms with van der Waals surface area (Å²) in [6.45, 7) is 0.261. The summed E-state index contributed by atoms with van der Waals surface area (Å²) < 4.78 is 6.09. The number of Topliss-reactive ketones (excluding diaryl/α,β-unsaturated/α-hetero) is 1.